The normalized spacial score (nSPS) is 19.6. The van der Waals surface area contributed by atoms with Crippen LogP contribution in [0.15, 0.2) is 54.6 Å². The molecule has 0 saturated carbocycles. The number of amides is 1. The molecule has 1 N–H and O–H groups in total. The fourth-order valence-corrected chi connectivity index (χ4v) is 3.39. The molecule has 1 fully saturated rings. The van der Waals surface area contributed by atoms with Crippen molar-refractivity contribution in [2.45, 2.75) is 38.8 Å². The van der Waals surface area contributed by atoms with Gasteiger partial charge in [0.05, 0.1) is 19.8 Å². The van der Waals surface area contributed by atoms with Crippen LogP contribution < -0.4 is 15.0 Å². The lowest BCUT2D eigenvalue weighted by atomic mass is 10.1. The van der Waals surface area contributed by atoms with Crippen molar-refractivity contribution in [2.75, 3.05) is 30.0 Å². The lowest BCUT2D eigenvalue weighted by Gasteiger charge is -2.40. The molecular weight excluding hydrogens is 340 g/mol. The van der Waals surface area contributed by atoms with E-state index in [0.29, 0.717) is 31.5 Å². The summed E-state index contributed by atoms with van der Waals surface area (Å²) in [4.78, 5) is 14.5. The lowest BCUT2D eigenvalue weighted by Crippen LogP contribution is -2.49. The second kappa shape index (κ2) is 9.42. The number of para-hydroxylation sites is 1. The van der Waals surface area contributed by atoms with Crippen LogP contribution in [-0.2, 0) is 9.53 Å². The third-order valence-electron chi connectivity index (χ3n) is 4.68. The van der Waals surface area contributed by atoms with E-state index in [4.69, 9.17) is 9.47 Å². The molecule has 1 heterocycles. The maximum Gasteiger partial charge on any atom is 0.224 e. The molecule has 0 aromatic heterocycles. The Morgan fingerprint density at radius 2 is 1.74 bits per heavy atom. The van der Waals surface area contributed by atoms with Crippen molar-refractivity contribution in [3.05, 3.63) is 54.6 Å². The SMILES string of the molecule is CC1COCC(C)N1c1ccc(NC(=O)CCCOc2ccccc2)cc1. The summed E-state index contributed by atoms with van der Waals surface area (Å²) in [6.45, 7) is 6.36. The Hall–Kier alpha value is -2.53. The van der Waals surface area contributed by atoms with Crippen molar-refractivity contribution < 1.29 is 14.3 Å². The van der Waals surface area contributed by atoms with E-state index in [1.54, 1.807) is 0 Å². The molecule has 2 aromatic carbocycles. The van der Waals surface area contributed by atoms with Gasteiger partial charge in [-0.05, 0) is 56.7 Å². The van der Waals surface area contributed by atoms with Crippen LogP contribution in [0.1, 0.15) is 26.7 Å². The summed E-state index contributed by atoms with van der Waals surface area (Å²) >= 11 is 0. The predicted octanol–water partition coefficient (Wildman–Crippen LogP) is 4.10. The monoisotopic (exact) mass is 368 g/mol. The Labute approximate surface area is 161 Å². The van der Waals surface area contributed by atoms with Gasteiger partial charge < -0.3 is 19.7 Å². The highest BCUT2D eigenvalue weighted by atomic mass is 16.5. The zero-order chi connectivity index (χ0) is 19.1. The van der Waals surface area contributed by atoms with Gasteiger partial charge >= 0.3 is 0 Å². The average molecular weight is 368 g/mol. The molecule has 1 saturated heterocycles. The van der Waals surface area contributed by atoms with E-state index in [9.17, 15) is 4.79 Å². The number of nitrogens with one attached hydrogen (secondary N) is 1. The summed E-state index contributed by atoms with van der Waals surface area (Å²) in [7, 11) is 0. The van der Waals surface area contributed by atoms with Crippen molar-refractivity contribution in [3.8, 4) is 5.75 Å². The number of carbonyl (C=O) groups is 1. The molecule has 5 heteroatoms. The van der Waals surface area contributed by atoms with Crippen molar-refractivity contribution in [1.29, 1.82) is 0 Å². The fourth-order valence-electron chi connectivity index (χ4n) is 3.39. The maximum absolute atomic E-state index is 12.1. The summed E-state index contributed by atoms with van der Waals surface area (Å²) in [5, 5.41) is 2.96. The first-order valence-corrected chi connectivity index (χ1v) is 9.57. The molecule has 0 radical (unpaired) electrons. The predicted molar refractivity (Wildman–Crippen MR) is 108 cm³/mol. The number of carbonyl (C=O) groups excluding carboxylic acids is 1. The molecular formula is C22H28N2O3. The zero-order valence-electron chi connectivity index (χ0n) is 16.1. The topological polar surface area (TPSA) is 50.8 Å². The number of ether oxygens (including phenoxy) is 2. The summed E-state index contributed by atoms with van der Waals surface area (Å²) in [5.41, 5.74) is 1.98. The minimum atomic E-state index is 0.00696. The standard InChI is InChI=1S/C22H28N2O3/c1-17-15-26-16-18(2)24(17)20-12-10-19(11-13-20)23-22(25)9-6-14-27-21-7-4-3-5-8-21/h3-5,7-8,10-13,17-18H,6,9,14-16H2,1-2H3,(H,23,25). The molecule has 1 aliphatic rings. The Morgan fingerprint density at radius 1 is 1.07 bits per heavy atom. The Balaban J connectivity index is 1.44. The Bertz CT molecular complexity index is 708. The number of nitrogens with zero attached hydrogens (tertiary/aromatic N) is 1. The van der Waals surface area contributed by atoms with E-state index >= 15 is 0 Å². The van der Waals surface area contributed by atoms with Gasteiger partial charge in [-0.15, -0.1) is 0 Å². The highest BCUT2D eigenvalue weighted by molar-refractivity contribution is 5.90. The van der Waals surface area contributed by atoms with Crippen LogP contribution in [0, 0.1) is 0 Å². The van der Waals surface area contributed by atoms with Crippen LogP contribution in [0.25, 0.3) is 0 Å². The second-order valence-electron chi connectivity index (χ2n) is 7.00. The van der Waals surface area contributed by atoms with Crippen LogP contribution in [0.5, 0.6) is 5.75 Å². The quantitative estimate of drug-likeness (QED) is 0.748. The molecule has 5 nitrogen and oxygen atoms in total. The molecule has 3 rings (SSSR count). The van der Waals surface area contributed by atoms with E-state index < -0.39 is 0 Å². The van der Waals surface area contributed by atoms with Gasteiger partial charge in [0.1, 0.15) is 5.75 Å². The van der Waals surface area contributed by atoms with Crippen LogP contribution in [0.3, 0.4) is 0 Å². The van der Waals surface area contributed by atoms with Crippen molar-refractivity contribution in [3.63, 3.8) is 0 Å². The molecule has 2 atom stereocenters. The van der Waals surface area contributed by atoms with Gasteiger partial charge in [-0.25, -0.2) is 0 Å². The minimum Gasteiger partial charge on any atom is -0.494 e. The lowest BCUT2D eigenvalue weighted by molar-refractivity contribution is -0.116. The number of benzene rings is 2. The third-order valence-corrected chi connectivity index (χ3v) is 4.68. The van der Waals surface area contributed by atoms with Gasteiger partial charge in [0.15, 0.2) is 0 Å². The first-order valence-electron chi connectivity index (χ1n) is 9.57. The van der Waals surface area contributed by atoms with E-state index in [-0.39, 0.29) is 5.91 Å². The summed E-state index contributed by atoms with van der Waals surface area (Å²) in [5.74, 6) is 0.840. The third kappa shape index (κ3) is 5.47. The van der Waals surface area contributed by atoms with Gasteiger partial charge in [-0.3, -0.25) is 4.79 Å². The molecule has 0 aliphatic carbocycles. The highest BCUT2D eigenvalue weighted by Crippen LogP contribution is 2.25. The van der Waals surface area contributed by atoms with Crippen LogP contribution in [-0.4, -0.2) is 37.8 Å². The van der Waals surface area contributed by atoms with Crippen LogP contribution in [0.2, 0.25) is 0 Å². The van der Waals surface area contributed by atoms with Gasteiger partial charge in [0, 0.05) is 29.9 Å². The summed E-state index contributed by atoms with van der Waals surface area (Å²) in [6, 6.07) is 18.4. The molecule has 2 aromatic rings. The minimum absolute atomic E-state index is 0.00696. The highest BCUT2D eigenvalue weighted by Gasteiger charge is 2.25. The van der Waals surface area contributed by atoms with Crippen molar-refractivity contribution in [2.24, 2.45) is 0 Å². The molecule has 27 heavy (non-hydrogen) atoms. The van der Waals surface area contributed by atoms with E-state index in [1.807, 2.05) is 42.5 Å². The molecule has 0 spiro atoms. The van der Waals surface area contributed by atoms with Gasteiger partial charge in [0.25, 0.3) is 0 Å². The maximum atomic E-state index is 12.1. The van der Waals surface area contributed by atoms with E-state index in [2.05, 4.69) is 36.2 Å². The largest absolute Gasteiger partial charge is 0.494 e. The first kappa shape index (κ1) is 19.2. The number of rotatable bonds is 7. The molecule has 1 amide bonds. The smallest absolute Gasteiger partial charge is 0.224 e. The summed E-state index contributed by atoms with van der Waals surface area (Å²) < 4.78 is 11.2. The second-order valence-corrected chi connectivity index (χ2v) is 7.00. The number of morpholine rings is 1. The molecule has 2 unspecified atom stereocenters. The number of hydrogen-bond acceptors (Lipinski definition) is 4. The molecule has 0 bridgehead atoms. The number of hydrogen-bond donors (Lipinski definition) is 1. The molecule has 1 aliphatic heterocycles. The van der Waals surface area contributed by atoms with Crippen LogP contribution >= 0.6 is 0 Å². The van der Waals surface area contributed by atoms with E-state index in [0.717, 1.165) is 30.3 Å². The zero-order valence-corrected chi connectivity index (χ0v) is 16.1. The van der Waals surface area contributed by atoms with Crippen LogP contribution in [0.4, 0.5) is 11.4 Å². The van der Waals surface area contributed by atoms with Crippen molar-refractivity contribution >= 4 is 17.3 Å². The van der Waals surface area contributed by atoms with Crippen molar-refractivity contribution in [1.82, 2.24) is 0 Å². The average Bonchev–Trinajstić information content (AvgIpc) is 2.67. The Morgan fingerprint density at radius 3 is 2.41 bits per heavy atom. The number of anilines is 2. The Kier molecular flexibility index (Phi) is 6.71. The van der Waals surface area contributed by atoms with Gasteiger partial charge in [-0.1, -0.05) is 18.2 Å². The fraction of sp³-hybridized carbons (Fsp3) is 0.409. The van der Waals surface area contributed by atoms with E-state index in [1.165, 1.54) is 0 Å². The molecule has 144 valence electrons. The first-order chi connectivity index (χ1) is 13.1. The van der Waals surface area contributed by atoms with Gasteiger partial charge in [0.2, 0.25) is 5.91 Å². The summed E-state index contributed by atoms with van der Waals surface area (Å²) in [6.07, 6.45) is 1.12. The van der Waals surface area contributed by atoms with Gasteiger partial charge in [-0.2, -0.15) is 0 Å².